The van der Waals surface area contributed by atoms with E-state index in [2.05, 4.69) is 28.2 Å². The number of piperidine rings is 1. The molecular formula is C18H25BrN2O2. The van der Waals surface area contributed by atoms with E-state index in [1.165, 1.54) is 0 Å². The number of nitrogens with zero attached hydrogens (tertiary/aromatic N) is 1. The number of hydrogen-bond acceptors (Lipinski definition) is 2. The number of unbranched alkanes of at least 4 members (excludes halogenated alkanes) is 1. The number of carbonyl (C=O) groups excluding carboxylic acids is 2. The molecule has 2 rings (SSSR count). The highest BCUT2D eigenvalue weighted by Crippen LogP contribution is 2.19. The van der Waals surface area contributed by atoms with Crippen molar-refractivity contribution in [3.8, 4) is 0 Å². The summed E-state index contributed by atoms with van der Waals surface area (Å²) in [7, 11) is 0. The van der Waals surface area contributed by atoms with Crippen LogP contribution >= 0.6 is 15.9 Å². The second-order valence-corrected chi connectivity index (χ2v) is 7.02. The summed E-state index contributed by atoms with van der Waals surface area (Å²) >= 11 is 3.43. The van der Waals surface area contributed by atoms with Gasteiger partial charge in [0.2, 0.25) is 11.8 Å². The molecule has 1 aliphatic rings. The van der Waals surface area contributed by atoms with Crippen LogP contribution in [0.25, 0.3) is 0 Å². The van der Waals surface area contributed by atoms with Gasteiger partial charge >= 0.3 is 0 Å². The summed E-state index contributed by atoms with van der Waals surface area (Å²) in [4.78, 5) is 26.3. The molecule has 1 saturated heterocycles. The Kier molecular flexibility index (Phi) is 7.09. The maximum atomic E-state index is 12.4. The summed E-state index contributed by atoms with van der Waals surface area (Å²) < 4.78 is 0.991. The summed E-state index contributed by atoms with van der Waals surface area (Å²) in [6, 6.07) is 7.85. The Labute approximate surface area is 146 Å². The largest absolute Gasteiger partial charge is 0.356 e. The van der Waals surface area contributed by atoms with Gasteiger partial charge in [0.1, 0.15) is 0 Å². The van der Waals surface area contributed by atoms with E-state index in [0.29, 0.717) is 19.5 Å². The van der Waals surface area contributed by atoms with E-state index in [-0.39, 0.29) is 17.7 Å². The third kappa shape index (κ3) is 5.65. The normalized spacial score (nSPS) is 15.5. The molecule has 0 saturated carbocycles. The number of hydrogen-bond donors (Lipinski definition) is 1. The van der Waals surface area contributed by atoms with Crippen LogP contribution in [0.15, 0.2) is 28.7 Å². The molecule has 0 atom stereocenters. The fourth-order valence-corrected chi connectivity index (χ4v) is 3.30. The van der Waals surface area contributed by atoms with Crippen molar-refractivity contribution in [1.82, 2.24) is 10.2 Å². The number of halogens is 1. The van der Waals surface area contributed by atoms with Gasteiger partial charge in [-0.25, -0.2) is 0 Å². The van der Waals surface area contributed by atoms with Gasteiger partial charge in [-0.05, 0) is 37.0 Å². The van der Waals surface area contributed by atoms with E-state index in [1.807, 2.05) is 29.2 Å². The third-order valence-corrected chi connectivity index (χ3v) is 4.79. The van der Waals surface area contributed by atoms with Crippen LogP contribution in [0.1, 0.15) is 38.2 Å². The second-order valence-electron chi connectivity index (χ2n) is 6.11. The molecule has 23 heavy (non-hydrogen) atoms. The molecule has 4 nitrogen and oxygen atoms in total. The Hall–Kier alpha value is -1.36. The second kappa shape index (κ2) is 9.06. The molecule has 0 bridgehead atoms. The van der Waals surface area contributed by atoms with E-state index in [9.17, 15) is 9.59 Å². The Balaban J connectivity index is 1.77. The predicted octanol–water partition coefficient (Wildman–Crippen LogP) is 3.15. The summed E-state index contributed by atoms with van der Waals surface area (Å²) in [6.45, 7) is 4.23. The van der Waals surface area contributed by atoms with Gasteiger partial charge < -0.3 is 10.2 Å². The molecular weight excluding hydrogens is 356 g/mol. The number of nitrogens with one attached hydrogen (secondary N) is 1. The van der Waals surface area contributed by atoms with E-state index < -0.39 is 0 Å². The molecule has 0 unspecified atom stereocenters. The molecule has 126 valence electrons. The third-order valence-electron chi connectivity index (χ3n) is 4.29. The Morgan fingerprint density at radius 2 is 2.04 bits per heavy atom. The van der Waals surface area contributed by atoms with Gasteiger partial charge in [0.15, 0.2) is 0 Å². The molecule has 1 aromatic carbocycles. The highest BCUT2D eigenvalue weighted by atomic mass is 79.9. The first-order chi connectivity index (χ1) is 11.1. The first kappa shape index (κ1) is 18.0. The van der Waals surface area contributed by atoms with Crippen LogP contribution in [0, 0.1) is 5.92 Å². The molecule has 0 radical (unpaired) electrons. The SMILES string of the molecule is CCCCNC(=O)C1CCN(C(=O)Cc2cccc(Br)c2)CC1. The number of benzene rings is 1. The van der Waals surface area contributed by atoms with Crippen LogP contribution < -0.4 is 5.32 Å². The minimum Gasteiger partial charge on any atom is -0.356 e. The fraction of sp³-hybridized carbons (Fsp3) is 0.556. The minimum atomic E-state index is 0.0572. The molecule has 0 aromatic heterocycles. The van der Waals surface area contributed by atoms with E-state index in [0.717, 1.165) is 42.3 Å². The molecule has 0 aliphatic carbocycles. The Morgan fingerprint density at radius 1 is 1.30 bits per heavy atom. The van der Waals surface area contributed by atoms with Crippen molar-refractivity contribution in [2.24, 2.45) is 5.92 Å². The van der Waals surface area contributed by atoms with Crippen molar-refractivity contribution in [3.63, 3.8) is 0 Å². The average molecular weight is 381 g/mol. The average Bonchev–Trinajstić information content (AvgIpc) is 2.55. The minimum absolute atomic E-state index is 0.0572. The molecule has 1 aromatic rings. The Bertz CT molecular complexity index is 540. The summed E-state index contributed by atoms with van der Waals surface area (Å²) in [6.07, 6.45) is 4.07. The van der Waals surface area contributed by atoms with Gasteiger partial charge in [-0.15, -0.1) is 0 Å². The zero-order valence-corrected chi connectivity index (χ0v) is 15.3. The lowest BCUT2D eigenvalue weighted by molar-refractivity contribution is -0.135. The molecule has 1 fully saturated rings. The van der Waals surface area contributed by atoms with Crippen molar-refractivity contribution in [2.45, 2.75) is 39.0 Å². The lowest BCUT2D eigenvalue weighted by Gasteiger charge is -2.31. The van der Waals surface area contributed by atoms with Crippen LogP contribution in [-0.2, 0) is 16.0 Å². The van der Waals surface area contributed by atoms with Crippen LogP contribution in [0.3, 0.4) is 0 Å². The number of rotatable bonds is 6. The van der Waals surface area contributed by atoms with Crippen LogP contribution in [0.2, 0.25) is 0 Å². The lowest BCUT2D eigenvalue weighted by Crippen LogP contribution is -2.43. The monoisotopic (exact) mass is 380 g/mol. The van der Waals surface area contributed by atoms with Gasteiger partial charge in [-0.1, -0.05) is 41.4 Å². The summed E-state index contributed by atoms with van der Waals surface area (Å²) in [5.74, 6) is 0.354. The zero-order valence-electron chi connectivity index (χ0n) is 13.7. The van der Waals surface area contributed by atoms with Gasteiger partial charge in [0.25, 0.3) is 0 Å². The first-order valence-corrected chi connectivity index (χ1v) is 9.19. The topological polar surface area (TPSA) is 49.4 Å². The van der Waals surface area contributed by atoms with Crippen molar-refractivity contribution >= 4 is 27.7 Å². The molecule has 1 N–H and O–H groups in total. The zero-order chi connectivity index (χ0) is 16.7. The summed E-state index contributed by atoms with van der Waals surface area (Å²) in [5, 5.41) is 3.00. The standard InChI is InChI=1S/C18H25BrN2O2/c1-2-3-9-20-18(23)15-7-10-21(11-8-15)17(22)13-14-5-4-6-16(19)12-14/h4-6,12,15H,2-3,7-11,13H2,1H3,(H,20,23). The summed E-state index contributed by atoms with van der Waals surface area (Å²) in [5.41, 5.74) is 1.02. The maximum absolute atomic E-state index is 12.4. The predicted molar refractivity (Wildman–Crippen MR) is 95.1 cm³/mol. The van der Waals surface area contributed by atoms with Gasteiger partial charge in [0.05, 0.1) is 6.42 Å². The van der Waals surface area contributed by atoms with E-state index in [1.54, 1.807) is 0 Å². The van der Waals surface area contributed by atoms with Crippen molar-refractivity contribution in [2.75, 3.05) is 19.6 Å². The smallest absolute Gasteiger partial charge is 0.226 e. The molecule has 5 heteroatoms. The first-order valence-electron chi connectivity index (χ1n) is 8.40. The highest BCUT2D eigenvalue weighted by molar-refractivity contribution is 9.10. The molecule has 2 amide bonds. The van der Waals surface area contributed by atoms with Crippen LogP contribution in [0.4, 0.5) is 0 Å². The van der Waals surface area contributed by atoms with E-state index >= 15 is 0 Å². The molecule has 1 aliphatic heterocycles. The highest BCUT2D eigenvalue weighted by Gasteiger charge is 2.26. The fourth-order valence-electron chi connectivity index (χ4n) is 2.86. The van der Waals surface area contributed by atoms with Crippen LogP contribution in [-0.4, -0.2) is 36.3 Å². The number of likely N-dealkylation sites (tertiary alicyclic amines) is 1. The lowest BCUT2D eigenvalue weighted by atomic mass is 9.95. The quantitative estimate of drug-likeness (QED) is 0.770. The van der Waals surface area contributed by atoms with Crippen molar-refractivity contribution in [1.29, 1.82) is 0 Å². The molecule has 0 spiro atoms. The maximum Gasteiger partial charge on any atom is 0.226 e. The number of carbonyl (C=O) groups is 2. The van der Waals surface area contributed by atoms with Gasteiger partial charge in [-0.3, -0.25) is 9.59 Å². The molecule has 1 heterocycles. The van der Waals surface area contributed by atoms with Crippen molar-refractivity contribution < 1.29 is 9.59 Å². The van der Waals surface area contributed by atoms with Gasteiger partial charge in [0, 0.05) is 30.0 Å². The van der Waals surface area contributed by atoms with Crippen molar-refractivity contribution in [3.05, 3.63) is 34.3 Å². The van der Waals surface area contributed by atoms with Crippen LogP contribution in [0.5, 0.6) is 0 Å². The number of amides is 2. The van der Waals surface area contributed by atoms with Gasteiger partial charge in [-0.2, -0.15) is 0 Å². The van der Waals surface area contributed by atoms with E-state index in [4.69, 9.17) is 0 Å². The Morgan fingerprint density at radius 3 is 2.70 bits per heavy atom.